The van der Waals surface area contributed by atoms with Crippen LogP contribution in [-0.2, 0) is 10.7 Å². The highest BCUT2D eigenvalue weighted by Crippen LogP contribution is 2.28. The smallest absolute Gasteiger partial charge is 0.127 e. The van der Waals surface area contributed by atoms with Crippen LogP contribution in [-0.4, -0.2) is 11.4 Å². The second-order valence-electron chi connectivity index (χ2n) is 2.91. The Kier molecular flexibility index (Phi) is 3.32. The minimum Gasteiger partial charge on any atom is -0.507 e. The van der Waals surface area contributed by atoms with Gasteiger partial charge in [-0.15, -0.1) is 11.6 Å². The Bertz CT molecular complexity index is 310. The Morgan fingerprint density at radius 2 is 2.31 bits per heavy atom. The summed E-state index contributed by atoms with van der Waals surface area (Å²) >= 11 is 5.60. The lowest BCUT2D eigenvalue weighted by molar-refractivity contribution is -0.108. The van der Waals surface area contributed by atoms with Crippen molar-refractivity contribution >= 4 is 17.9 Å². The summed E-state index contributed by atoms with van der Waals surface area (Å²) in [4.78, 5) is 10.5. The molecule has 0 amide bonds. The first kappa shape index (κ1) is 10.1. The molecule has 0 aromatic heterocycles. The third-order valence-electron chi connectivity index (χ3n) is 1.99. The van der Waals surface area contributed by atoms with Gasteiger partial charge in [-0.2, -0.15) is 0 Å². The molecule has 0 fully saturated rings. The number of phenolic OH excluding ortho intramolecular Hbond substituents is 1. The molecule has 2 nitrogen and oxygen atoms in total. The number of rotatable bonds is 3. The number of carbonyl (C=O) groups is 1. The first-order valence-corrected chi connectivity index (χ1v) is 4.56. The summed E-state index contributed by atoms with van der Waals surface area (Å²) in [5.74, 6) is 0.103. The zero-order valence-electron chi connectivity index (χ0n) is 7.33. The van der Waals surface area contributed by atoms with Crippen molar-refractivity contribution in [1.82, 2.24) is 0 Å². The monoisotopic (exact) mass is 198 g/mol. The predicted octanol–water partition coefficient (Wildman–Crippen LogP) is 2.43. The first-order chi connectivity index (χ1) is 6.20. The molecule has 0 heterocycles. The minimum absolute atomic E-state index is 0.136. The van der Waals surface area contributed by atoms with E-state index in [1.807, 2.05) is 0 Å². The molecule has 70 valence electrons. The molecule has 0 aliphatic heterocycles. The molecule has 1 aromatic carbocycles. The van der Waals surface area contributed by atoms with Crippen molar-refractivity contribution in [3.8, 4) is 5.75 Å². The van der Waals surface area contributed by atoms with E-state index in [4.69, 9.17) is 11.6 Å². The van der Waals surface area contributed by atoms with E-state index in [1.54, 1.807) is 25.1 Å². The van der Waals surface area contributed by atoms with E-state index in [9.17, 15) is 9.90 Å². The fraction of sp³-hybridized carbons (Fsp3) is 0.300. The Hall–Kier alpha value is -1.02. The number of phenols is 1. The quantitative estimate of drug-likeness (QED) is 0.598. The minimum atomic E-state index is -0.289. The van der Waals surface area contributed by atoms with Crippen LogP contribution in [0.3, 0.4) is 0 Å². The van der Waals surface area contributed by atoms with E-state index in [0.29, 0.717) is 11.1 Å². The Morgan fingerprint density at radius 1 is 1.62 bits per heavy atom. The largest absolute Gasteiger partial charge is 0.507 e. The van der Waals surface area contributed by atoms with Gasteiger partial charge in [-0.3, -0.25) is 0 Å². The van der Waals surface area contributed by atoms with Gasteiger partial charge in [0.15, 0.2) is 0 Å². The van der Waals surface area contributed by atoms with Crippen LogP contribution in [0, 0.1) is 0 Å². The molecular formula is C10H11ClO2. The van der Waals surface area contributed by atoms with Gasteiger partial charge in [0.05, 0.1) is 5.88 Å². The van der Waals surface area contributed by atoms with Gasteiger partial charge >= 0.3 is 0 Å². The summed E-state index contributed by atoms with van der Waals surface area (Å²) in [6.07, 6.45) is 0.799. The second kappa shape index (κ2) is 4.28. The molecule has 0 aliphatic carbocycles. The lowest BCUT2D eigenvalue weighted by atomic mass is 9.99. The number of alkyl halides is 1. The second-order valence-corrected chi connectivity index (χ2v) is 3.18. The molecular weight excluding hydrogens is 188 g/mol. The lowest BCUT2D eigenvalue weighted by Gasteiger charge is -2.09. The van der Waals surface area contributed by atoms with Gasteiger partial charge in [-0.25, -0.2) is 0 Å². The predicted molar refractivity (Wildman–Crippen MR) is 52.1 cm³/mol. The van der Waals surface area contributed by atoms with E-state index >= 15 is 0 Å². The molecule has 0 bridgehead atoms. The van der Waals surface area contributed by atoms with Crippen LogP contribution in [0.1, 0.15) is 24.0 Å². The average molecular weight is 199 g/mol. The fourth-order valence-corrected chi connectivity index (χ4v) is 1.38. The van der Waals surface area contributed by atoms with Crippen LogP contribution >= 0.6 is 11.6 Å². The molecule has 1 rings (SSSR count). The van der Waals surface area contributed by atoms with Crippen molar-refractivity contribution in [3.63, 3.8) is 0 Å². The topological polar surface area (TPSA) is 37.3 Å². The summed E-state index contributed by atoms with van der Waals surface area (Å²) < 4.78 is 0. The van der Waals surface area contributed by atoms with Crippen molar-refractivity contribution in [2.75, 3.05) is 0 Å². The van der Waals surface area contributed by atoms with Gasteiger partial charge in [0.25, 0.3) is 0 Å². The van der Waals surface area contributed by atoms with Gasteiger partial charge in [0.1, 0.15) is 12.0 Å². The maximum atomic E-state index is 10.5. The number of para-hydroxylation sites is 1. The molecule has 0 saturated carbocycles. The van der Waals surface area contributed by atoms with E-state index < -0.39 is 0 Å². The van der Waals surface area contributed by atoms with E-state index in [0.717, 1.165) is 6.29 Å². The third-order valence-corrected chi connectivity index (χ3v) is 2.28. The summed E-state index contributed by atoms with van der Waals surface area (Å²) in [7, 11) is 0. The molecule has 0 aliphatic rings. The van der Waals surface area contributed by atoms with Gasteiger partial charge in [-0.1, -0.05) is 25.1 Å². The highest BCUT2D eigenvalue weighted by atomic mass is 35.5. The zero-order chi connectivity index (χ0) is 9.84. The molecule has 1 atom stereocenters. The average Bonchev–Trinajstić information content (AvgIpc) is 2.17. The molecule has 1 aromatic rings. The number of benzene rings is 1. The SMILES string of the molecule is CC(C=O)c1cccc(CCl)c1O. The Morgan fingerprint density at radius 3 is 2.85 bits per heavy atom. The van der Waals surface area contributed by atoms with Crippen molar-refractivity contribution in [3.05, 3.63) is 29.3 Å². The molecule has 1 unspecified atom stereocenters. The molecule has 0 spiro atoms. The highest BCUT2D eigenvalue weighted by Gasteiger charge is 2.11. The first-order valence-electron chi connectivity index (χ1n) is 4.02. The van der Waals surface area contributed by atoms with Gasteiger partial charge in [0.2, 0.25) is 0 Å². The number of halogens is 1. The van der Waals surface area contributed by atoms with Gasteiger partial charge in [-0.05, 0) is 0 Å². The lowest BCUT2D eigenvalue weighted by Crippen LogP contribution is -1.96. The van der Waals surface area contributed by atoms with Crippen LogP contribution in [0.5, 0.6) is 5.75 Å². The summed E-state index contributed by atoms with van der Waals surface area (Å²) in [6, 6.07) is 5.25. The Balaban J connectivity index is 3.14. The fourth-order valence-electron chi connectivity index (χ4n) is 1.16. The van der Waals surface area contributed by atoms with Crippen molar-refractivity contribution in [2.24, 2.45) is 0 Å². The maximum absolute atomic E-state index is 10.5. The molecule has 13 heavy (non-hydrogen) atoms. The van der Waals surface area contributed by atoms with Crippen LogP contribution in [0.25, 0.3) is 0 Å². The number of carbonyl (C=O) groups excluding carboxylic acids is 1. The highest BCUT2D eigenvalue weighted by molar-refractivity contribution is 6.17. The van der Waals surface area contributed by atoms with Crippen molar-refractivity contribution in [1.29, 1.82) is 0 Å². The van der Waals surface area contributed by atoms with Crippen LogP contribution in [0.2, 0.25) is 0 Å². The van der Waals surface area contributed by atoms with Crippen molar-refractivity contribution in [2.45, 2.75) is 18.7 Å². The van der Waals surface area contributed by atoms with Gasteiger partial charge in [0, 0.05) is 17.0 Å². The molecule has 0 radical (unpaired) electrons. The van der Waals surface area contributed by atoms with Crippen molar-refractivity contribution < 1.29 is 9.90 Å². The number of aromatic hydroxyl groups is 1. The van der Waals surface area contributed by atoms with Crippen LogP contribution in [0.4, 0.5) is 0 Å². The zero-order valence-corrected chi connectivity index (χ0v) is 8.08. The summed E-state index contributed by atoms with van der Waals surface area (Å²) in [6.45, 7) is 1.74. The number of hydrogen-bond acceptors (Lipinski definition) is 2. The maximum Gasteiger partial charge on any atom is 0.127 e. The van der Waals surface area contributed by atoms with Crippen LogP contribution < -0.4 is 0 Å². The summed E-state index contributed by atoms with van der Waals surface area (Å²) in [5, 5.41) is 9.65. The normalized spacial score (nSPS) is 12.5. The summed E-state index contributed by atoms with van der Waals surface area (Å²) in [5.41, 5.74) is 1.29. The van der Waals surface area contributed by atoms with E-state index in [1.165, 1.54) is 0 Å². The Labute approximate surface area is 82.2 Å². The molecule has 0 saturated heterocycles. The van der Waals surface area contributed by atoms with Crippen LogP contribution in [0.15, 0.2) is 18.2 Å². The third kappa shape index (κ3) is 2.01. The number of aldehydes is 1. The van der Waals surface area contributed by atoms with E-state index in [2.05, 4.69) is 0 Å². The van der Waals surface area contributed by atoms with Gasteiger partial charge < -0.3 is 9.90 Å². The standard InChI is InChI=1S/C10H11ClO2/c1-7(6-12)9-4-2-3-8(5-11)10(9)13/h2-4,6-7,13H,5H2,1H3. The molecule has 1 N–H and O–H groups in total. The van der Waals surface area contributed by atoms with E-state index in [-0.39, 0.29) is 17.5 Å². The molecule has 3 heteroatoms. The number of hydrogen-bond donors (Lipinski definition) is 1.